The average molecular weight is 872 g/mol. The van der Waals surface area contributed by atoms with Crippen molar-refractivity contribution in [3.63, 3.8) is 0 Å². The number of hydrogen-bond donors (Lipinski definition) is 4. The van der Waals surface area contributed by atoms with Crippen molar-refractivity contribution in [3.8, 4) is 40.1 Å². The number of ether oxygens (including phenoxy) is 1. The number of nitrogens with zero attached hydrogens (tertiary/aromatic N) is 4. The molecule has 2 heterocycles. The predicted octanol–water partition coefficient (Wildman–Crippen LogP) is 6.53. The molecular formula is C50H61N7O7. The Labute approximate surface area is 375 Å². The number of amides is 2. The number of aromatic hydroxyl groups is 1. The molecule has 1 aromatic heterocycles. The maximum Gasteiger partial charge on any atom is 0.226 e. The number of Topliss-reactive ketones (excluding diaryl/α,β-unsaturated/α-hetero) is 3. The number of likely N-dealkylation sites (N-methyl/N-ethyl adjacent to an activating group) is 1. The highest BCUT2D eigenvalue weighted by molar-refractivity contribution is 6.00. The highest BCUT2D eigenvalue weighted by atomic mass is 16.5. The van der Waals surface area contributed by atoms with Crippen molar-refractivity contribution in [2.75, 3.05) is 26.7 Å². The van der Waals surface area contributed by atoms with Crippen LogP contribution in [0.2, 0.25) is 0 Å². The molecule has 0 spiro atoms. The smallest absolute Gasteiger partial charge is 0.226 e. The first-order chi connectivity index (χ1) is 30.8. The molecule has 0 radical (unpaired) electrons. The van der Waals surface area contributed by atoms with Crippen molar-refractivity contribution in [1.29, 1.82) is 5.26 Å². The molecule has 14 heteroatoms. The van der Waals surface area contributed by atoms with Gasteiger partial charge >= 0.3 is 0 Å². The van der Waals surface area contributed by atoms with Crippen LogP contribution < -0.4 is 21.5 Å². The van der Waals surface area contributed by atoms with Gasteiger partial charge in [-0.1, -0.05) is 69.5 Å². The van der Waals surface area contributed by atoms with Gasteiger partial charge in [-0.15, -0.1) is 0 Å². The number of carbonyl (C=O) groups is 5. The van der Waals surface area contributed by atoms with Crippen molar-refractivity contribution < 1.29 is 33.8 Å². The normalized spacial score (nSPS) is 16.8. The van der Waals surface area contributed by atoms with Gasteiger partial charge in [0, 0.05) is 74.0 Å². The number of nitrogens with two attached hydrogens (primary N) is 2. The number of fused-ring (bicyclic) bond motifs is 5. The van der Waals surface area contributed by atoms with Crippen molar-refractivity contribution in [2.24, 2.45) is 23.3 Å². The van der Waals surface area contributed by atoms with Gasteiger partial charge in [0.15, 0.2) is 23.2 Å². The Kier molecular flexibility index (Phi) is 17.8. The zero-order chi connectivity index (χ0) is 46.3. The fourth-order valence-electron chi connectivity index (χ4n) is 8.15. The zero-order valence-corrected chi connectivity index (χ0v) is 37.4. The second-order valence-electron chi connectivity index (χ2n) is 16.7. The Morgan fingerprint density at radius 3 is 2.45 bits per heavy atom. The summed E-state index contributed by atoms with van der Waals surface area (Å²) >= 11 is 0. The van der Waals surface area contributed by atoms with Crippen LogP contribution in [0, 0.1) is 30.1 Å². The van der Waals surface area contributed by atoms with Gasteiger partial charge in [-0.25, -0.2) is 9.97 Å². The second kappa shape index (κ2) is 23.4. The molecular weight excluding hydrogens is 811 g/mol. The quantitative estimate of drug-likeness (QED) is 0.0582. The number of nitrogens with one attached hydrogen (secondary N) is 1. The molecule has 0 saturated heterocycles. The average Bonchev–Trinajstić information content (AvgIpc) is 3.28. The van der Waals surface area contributed by atoms with Crippen LogP contribution in [-0.2, 0) is 32.0 Å². The summed E-state index contributed by atoms with van der Waals surface area (Å²) in [6.07, 6.45) is 6.75. The molecule has 2 amide bonds. The lowest BCUT2D eigenvalue weighted by Crippen LogP contribution is -2.46. The van der Waals surface area contributed by atoms with Crippen LogP contribution in [0.25, 0.3) is 22.5 Å². The van der Waals surface area contributed by atoms with Gasteiger partial charge in [0.25, 0.3) is 0 Å². The summed E-state index contributed by atoms with van der Waals surface area (Å²) < 4.78 is 6.01. The number of aryl methyl sites for hydroxylation is 2. The van der Waals surface area contributed by atoms with E-state index in [9.17, 15) is 29.1 Å². The van der Waals surface area contributed by atoms with E-state index >= 15 is 0 Å². The lowest BCUT2D eigenvalue weighted by atomic mass is 9.88. The first-order valence-corrected chi connectivity index (χ1v) is 22.2. The minimum atomic E-state index is -1.26. The SMILES string of the molecule is CCCCCCc1ccc(-c2ncc(C(=O)C[C@@H](CCN)C(=O)N(C)[C@@H]3C(=O)C[C@@H](C)C(=O)N[C@H](C(=O)CCC#N)Cc4ccc(O)c(c4)-c4cc3ccc4OCCN)c(C)n2)cc1. The van der Waals surface area contributed by atoms with Gasteiger partial charge in [-0.2, -0.15) is 5.26 Å². The van der Waals surface area contributed by atoms with Crippen molar-refractivity contribution in [3.05, 3.63) is 94.8 Å². The van der Waals surface area contributed by atoms with E-state index in [0.717, 1.165) is 18.4 Å². The Morgan fingerprint density at radius 1 is 1.00 bits per heavy atom. The molecule has 64 heavy (non-hydrogen) atoms. The first-order valence-electron chi connectivity index (χ1n) is 22.2. The van der Waals surface area contributed by atoms with Crippen molar-refractivity contribution in [2.45, 2.75) is 103 Å². The molecule has 1 aliphatic rings. The number of hydrogen-bond acceptors (Lipinski definition) is 12. The second-order valence-corrected chi connectivity index (χ2v) is 16.7. The summed E-state index contributed by atoms with van der Waals surface area (Å²) in [7, 11) is 1.48. The zero-order valence-electron chi connectivity index (χ0n) is 37.4. The van der Waals surface area contributed by atoms with Gasteiger partial charge < -0.3 is 31.5 Å². The molecule has 0 aliphatic carbocycles. The number of phenols is 1. The van der Waals surface area contributed by atoms with Crippen LogP contribution in [0.4, 0.5) is 0 Å². The third-order valence-electron chi connectivity index (χ3n) is 11.8. The van der Waals surface area contributed by atoms with Gasteiger partial charge in [0.05, 0.1) is 23.4 Å². The standard InChI is InChI=1S/C50H61N7O7/c1-5-6-7-8-10-33-12-15-35(16-13-33)48-54-30-40(32(3)55-48)44(60)29-37(20-22-52)50(63)57(4)47-36-17-19-46(64-24-23-53)39(28-36)38-26-34(14-18-42(38)58)27-41(43(59)11-9-21-51)56-49(62)31(2)25-45(47)61/h12-19,26,28,30-31,37,41,47,58H,5-11,20,22-25,27,29,52-53H2,1-4H3,(H,56,62)/t31-,37-,41+,47+/m1/s1. The molecule has 0 unspecified atom stereocenters. The maximum atomic E-state index is 14.6. The van der Waals surface area contributed by atoms with E-state index in [1.54, 1.807) is 44.2 Å². The van der Waals surface area contributed by atoms with Crippen LogP contribution in [0.3, 0.4) is 0 Å². The lowest BCUT2D eigenvalue weighted by molar-refractivity contribution is -0.142. The molecule has 6 N–H and O–H groups in total. The minimum Gasteiger partial charge on any atom is -0.507 e. The minimum absolute atomic E-state index is 0.0402. The van der Waals surface area contributed by atoms with Crippen LogP contribution in [-0.4, -0.2) is 81.9 Å². The van der Waals surface area contributed by atoms with E-state index in [-0.39, 0.29) is 81.1 Å². The molecule has 5 rings (SSSR count). The summed E-state index contributed by atoms with van der Waals surface area (Å²) in [5.41, 5.74) is 16.3. The third-order valence-corrected chi connectivity index (χ3v) is 11.8. The van der Waals surface area contributed by atoms with Crippen molar-refractivity contribution >= 4 is 29.2 Å². The monoisotopic (exact) mass is 871 g/mol. The predicted molar refractivity (Wildman–Crippen MR) is 244 cm³/mol. The molecule has 338 valence electrons. The fourth-order valence-corrected chi connectivity index (χ4v) is 8.15. The number of benzene rings is 3. The summed E-state index contributed by atoms with van der Waals surface area (Å²) in [4.78, 5) is 80.7. The van der Waals surface area contributed by atoms with Gasteiger partial charge in [0.2, 0.25) is 11.8 Å². The Morgan fingerprint density at radius 2 is 1.77 bits per heavy atom. The number of nitriles is 1. The third kappa shape index (κ3) is 12.4. The maximum absolute atomic E-state index is 14.6. The summed E-state index contributed by atoms with van der Waals surface area (Å²) in [5, 5.41) is 23.2. The van der Waals surface area contributed by atoms with Gasteiger partial charge in [-0.05, 0) is 80.1 Å². The Hall–Kier alpha value is -6.30. The molecule has 1 aliphatic heterocycles. The van der Waals surface area contributed by atoms with E-state index in [2.05, 4.69) is 34.3 Å². The Balaban J connectivity index is 1.47. The van der Waals surface area contributed by atoms with Crippen molar-refractivity contribution in [1.82, 2.24) is 20.2 Å². The number of rotatable bonds is 19. The molecule has 4 aromatic rings. The van der Waals surface area contributed by atoms with Crippen LogP contribution in [0.1, 0.15) is 110 Å². The number of phenolic OH excluding ortho intramolecular Hbond substituents is 1. The summed E-state index contributed by atoms with van der Waals surface area (Å²) in [6.45, 7) is 5.91. The van der Waals surface area contributed by atoms with E-state index in [1.165, 1.54) is 49.0 Å². The number of ketones is 3. The summed E-state index contributed by atoms with van der Waals surface area (Å²) in [5.74, 6) is -3.40. The van der Waals surface area contributed by atoms with E-state index < -0.39 is 41.5 Å². The molecule has 4 atom stereocenters. The Bertz CT molecular complexity index is 2340. The van der Waals surface area contributed by atoms with Crippen LogP contribution in [0.15, 0.2) is 66.9 Å². The largest absolute Gasteiger partial charge is 0.507 e. The van der Waals surface area contributed by atoms with Gasteiger partial charge in [-0.3, -0.25) is 24.0 Å². The van der Waals surface area contributed by atoms with E-state index in [1.807, 2.05) is 18.2 Å². The number of unbranched alkanes of at least 4 members (excludes halogenated alkanes) is 3. The lowest BCUT2D eigenvalue weighted by Gasteiger charge is -2.32. The van der Waals surface area contributed by atoms with E-state index in [4.69, 9.17) is 21.5 Å². The molecule has 3 aromatic carbocycles. The van der Waals surface area contributed by atoms with Crippen LogP contribution >= 0.6 is 0 Å². The highest BCUT2D eigenvalue weighted by Gasteiger charge is 2.36. The van der Waals surface area contributed by atoms with E-state index in [0.29, 0.717) is 39.5 Å². The fraction of sp³-hybridized carbons (Fsp3) is 0.440. The molecule has 0 saturated carbocycles. The first kappa shape index (κ1) is 48.7. The van der Waals surface area contributed by atoms with Crippen LogP contribution in [0.5, 0.6) is 11.5 Å². The summed E-state index contributed by atoms with van der Waals surface area (Å²) in [6, 6.07) is 17.5. The highest BCUT2D eigenvalue weighted by Crippen LogP contribution is 2.40. The topological polar surface area (TPSA) is 232 Å². The molecule has 4 bridgehead atoms. The van der Waals surface area contributed by atoms with Gasteiger partial charge in [0.1, 0.15) is 24.1 Å². The molecule has 0 fully saturated rings. The number of aromatic nitrogens is 2. The number of carbonyl (C=O) groups excluding carboxylic acids is 5. The molecule has 14 nitrogen and oxygen atoms in total.